The molecule has 2 rings (SSSR count). The Balaban J connectivity index is 2.55. The highest BCUT2D eigenvalue weighted by molar-refractivity contribution is 5.36. The molecule has 0 saturated carbocycles. The molecule has 0 fully saturated rings. The van der Waals surface area contributed by atoms with Crippen molar-refractivity contribution in [2.75, 3.05) is 0 Å². The number of fused-ring (bicyclic) bond motifs is 1. The van der Waals surface area contributed by atoms with E-state index in [9.17, 15) is 0 Å². The highest BCUT2D eigenvalue weighted by atomic mass is 14.8. The molecule has 0 bridgehead atoms. The molecule has 2 N–H and O–H groups in total. The van der Waals surface area contributed by atoms with Gasteiger partial charge in [-0.1, -0.05) is 0 Å². The number of aryl methyl sites for hydroxylation is 2. The van der Waals surface area contributed by atoms with Crippen LogP contribution in [-0.2, 0) is 12.0 Å². The number of rotatable bonds is 0. The van der Waals surface area contributed by atoms with E-state index in [1.807, 2.05) is 13.1 Å². The minimum atomic E-state index is -0.143. The molecule has 1 unspecified atom stereocenters. The first-order valence-corrected chi connectivity index (χ1v) is 4.34. The average molecular weight is 162 g/mol. The topological polar surface area (TPSA) is 38.9 Å². The molecule has 1 aliphatic carbocycles. The van der Waals surface area contributed by atoms with E-state index in [1.165, 1.54) is 11.1 Å². The minimum Gasteiger partial charge on any atom is -0.322 e. The zero-order valence-corrected chi connectivity index (χ0v) is 7.59. The van der Waals surface area contributed by atoms with Gasteiger partial charge >= 0.3 is 0 Å². The van der Waals surface area contributed by atoms with Crippen LogP contribution < -0.4 is 5.73 Å². The second-order valence-electron chi connectivity index (χ2n) is 3.90. The largest absolute Gasteiger partial charge is 0.322 e. The molecule has 0 saturated heterocycles. The highest BCUT2D eigenvalue weighted by Crippen LogP contribution is 2.33. The molecule has 64 valence electrons. The SMILES string of the molecule is Cc1cc2c(cn1)C(C)(N)CC2. The Hall–Kier alpha value is -0.890. The lowest BCUT2D eigenvalue weighted by Crippen LogP contribution is -2.29. The maximum atomic E-state index is 6.10. The predicted octanol–water partition coefficient (Wildman–Crippen LogP) is 1.51. The quantitative estimate of drug-likeness (QED) is 0.628. The minimum absolute atomic E-state index is 0.143. The maximum absolute atomic E-state index is 6.10. The van der Waals surface area contributed by atoms with Crippen LogP contribution in [0.4, 0.5) is 0 Å². The van der Waals surface area contributed by atoms with Crippen molar-refractivity contribution in [2.24, 2.45) is 5.73 Å². The molecule has 2 nitrogen and oxygen atoms in total. The van der Waals surface area contributed by atoms with Gasteiger partial charge in [0.1, 0.15) is 0 Å². The third-order valence-electron chi connectivity index (χ3n) is 2.66. The number of hydrogen-bond donors (Lipinski definition) is 1. The van der Waals surface area contributed by atoms with Crippen molar-refractivity contribution in [3.05, 3.63) is 29.1 Å². The molecule has 1 atom stereocenters. The molecular formula is C10H14N2. The fraction of sp³-hybridized carbons (Fsp3) is 0.500. The van der Waals surface area contributed by atoms with Gasteiger partial charge in [0.25, 0.3) is 0 Å². The van der Waals surface area contributed by atoms with Crippen LogP contribution in [0.15, 0.2) is 12.3 Å². The van der Waals surface area contributed by atoms with Gasteiger partial charge in [0.2, 0.25) is 0 Å². The second-order valence-corrected chi connectivity index (χ2v) is 3.90. The van der Waals surface area contributed by atoms with Crippen molar-refractivity contribution in [2.45, 2.75) is 32.2 Å². The van der Waals surface area contributed by atoms with Crippen molar-refractivity contribution in [1.82, 2.24) is 4.98 Å². The van der Waals surface area contributed by atoms with Crippen molar-refractivity contribution in [3.8, 4) is 0 Å². The van der Waals surface area contributed by atoms with E-state index < -0.39 is 0 Å². The summed E-state index contributed by atoms with van der Waals surface area (Å²) in [7, 11) is 0. The first-order valence-electron chi connectivity index (χ1n) is 4.34. The van der Waals surface area contributed by atoms with Crippen LogP contribution >= 0.6 is 0 Å². The third-order valence-corrected chi connectivity index (χ3v) is 2.66. The third kappa shape index (κ3) is 1.03. The Morgan fingerprint density at radius 1 is 1.58 bits per heavy atom. The summed E-state index contributed by atoms with van der Waals surface area (Å²) in [6.45, 7) is 4.10. The van der Waals surface area contributed by atoms with Gasteiger partial charge in [-0.15, -0.1) is 0 Å². The Kier molecular flexibility index (Phi) is 1.48. The molecule has 2 heteroatoms. The standard InChI is InChI=1S/C10H14N2/c1-7-5-8-3-4-10(2,11)9(8)6-12-7/h5-6H,3-4,11H2,1-2H3. The van der Waals surface area contributed by atoms with Crippen LogP contribution in [0.25, 0.3) is 0 Å². The van der Waals surface area contributed by atoms with Crippen molar-refractivity contribution in [1.29, 1.82) is 0 Å². The number of nitrogens with two attached hydrogens (primary N) is 1. The molecular weight excluding hydrogens is 148 g/mol. The van der Waals surface area contributed by atoms with Gasteiger partial charge in [-0.2, -0.15) is 0 Å². The molecule has 0 amide bonds. The number of pyridine rings is 1. The monoisotopic (exact) mass is 162 g/mol. The second kappa shape index (κ2) is 2.30. The Labute approximate surface area is 72.8 Å². The van der Waals surface area contributed by atoms with Gasteiger partial charge in [0, 0.05) is 17.4 Å². The zero-order valence-electron chi connectivity index (χ0n) is 7.59. The van der Waals surface area contributed by atoms with E-state index >= 15 is 0 Å². The van der Waals surface area contributed by atoms with E-state index in [0.29, 0.717) is 0 Å². The lowest BCUT2D eigenvalue weighted by atomic mass is 9.97. The summed E-state index contributed by atoms with van der Waals surface area (Å²) in [4.78, 5) is 4.27. The fourth-order valence-corrected chi connectivity index (χ4v) is 1.87. The van der Waals surface area contributed by atoms with Crippen LogP contribution in [0, 0.1) is 6.92 Å². The van der Waals surface area contributed by atoms with Gasteiger partial charge in [-0.05, 0) is 43.9 Å². The molecule has 1 heterocycles. The van der Waals surface area contributed by atoms with Gasteiger partial charge in [0.15, 0.2) is 0 Å². The summed E-state index contributed by atoms with van der Waals surface area (Å²) in [6, 6.07) is 2.15. The predicted molar refractivity (Wildman–Crippen MR) is 48.8 cm³/mol. The number of nitrogens with zero attached hydrogens (tertiary/aromatic N) is 1. The summed E-state index contributed by atoms with van der Waals surface area (Å²) >= 11 is 0. The molecule has 0 aromatic carbocycles. The Morgan fingerprint density at radius 3 is 3.08 bits per heavy atom. The van der Waals surface area contributed by atoms with Crippen molar-refractivity contribution >= 4 is 0 Å². The average Bonchev–Trinajstić information content (AvgIpc) is 2.27. The highest BCUT2D eigenvalue weighted by Gasteiger charge is 2.30. The van der Waals surface area contributed by atoms with Gasteiger partial charge in [-0.3, -0.25) is 4.98 Å². The van der Waals surface area contributed by atoms with E-state index in [0.717, 1.165) is 18.5 Å². The van der Waals surface area contributed by atoms with E-state index in [-0.39, 0.29) is 5.54 Å². The smallest absolute Gasteiger partial charge is 0.0402 e. The van der Waals surface area contributed by atoms with Crippen molar-refractivity contribution < 1.29 is 0 Å². The van der Waals surface area contributed by atoms with Crippen LogP contribution in [0.3, 0.4) is 0 Å². The molecule has 0 spiro atoms. The first-order chi connectivity index (χ1) is 5.59. The molecule has 0 radical (unpaired) electrons. The summed E-state index contributed by atoms with van der Waals surface area (Å²) in [5, 5.41) is 0. The summed E-state index contributed by atoms with van der Waals surface area (Å²) in [6.07, 6.45) is 4.08. The Bertz CT molecular complexity index is 316. The maximum Gasteiger partial charge on any atom is 0.0402 e. The number of hydrogen-bond acceptors (Lipinski definition) is 2. The van der Waals surface area contributed by atoms with Crippen LogP contribution in [-0.4, -0.2) is 4.98 Å². The molecule has 1 aromatic heterocycles. The zero-order chi connectivity index (χ0) is 8.77. The molecule has 12 heavy (non-hydrogen) atoms. The van der Waals surface area contributed by atoms with E-state index in [2.05, 4.69) is 18.0 Å². The summed E-state index contributed by atoms with van der Waals surface area (Å²) < 4.78 is 0. The van der Waals surface area contributed by atoms with Gasteiger partial charge in [-0.25, -0.2) is 0 Å². The van der Waals surface area contributed by atoms with Gasteiger partial charge < -0.3 is 5.73 Å². The normalized spacial score (nSPS) is 27.2. The summed E-state index contributed by atoms with van der Waals surface area (Å²) in [5.74, 6) is 0. The molecule has 1 aromatic rings. The first kappa shape index (κ1) is 7.74. The van der Waals surface area contributed by atoms with E-state index in [1.54, 1.807) is 0 Å². The molecule has 0 aliphatic heterocycles. The lowest BCUT2D eigenvalue weighted by Gasteiger charge is -2.18. The van der Waals surface area contributed by atoms with Crippen LogP contribution in [0.1, 0.15) is 30.2 Å². The van der Waals surface area contributed by atoms with Crippen LogP contribution in [0.5, 0.6) is 0 Å². The Morgan fingerprint density at radius 2 is 2.33 bits per heavy atom. The lowest BCUT2D eigenvalue weighted by molar-refractivity contribution is 0.491. The van der Waals surface area contributed by atoms with Crippen molar-refractivity contribution in [3.63, 3.8) is 0 Å². The fourth-order valence-electron chi connectivity index (χ4n) is 1.87. The van der Waals surface area contributed by atoms with E-state index in [4.69, 9.17) is 5.73 Å². The number of aromatic nitrogens is 1. The molecule has 1 aliphatic rings. The van der Waals surface area contributed by atoms with Gasteiger partial charge in [0.05, 0.1) is 0 Å². The summed E-state index contributed by atoms with van der Waals surface area (Å²) in [5.41, 5.74) is 9.66. The van der Waals surface area contributed by atoms with Crippen LogP contribution in [0.2, 0.25) is 0 Å².